The van der Waals surface area contributed by atoms with E-state index in [1.165, 1.54) is 71.1 Å². The summed E-state index contributed by atoms with van der Waals surface area (Å²) in [7, 11) is 2.24. The van der Waals surface area contributed by atoms with Gasteiger partial charge in [-0.25, -0.2) is 0 Å². The highest BCUT2D eigenvalue weighted by Crippen LogP contribution is 2.18. The highest BCUT2D eigenvalue weighted by molar-refractivity contribution is 4.70. The van der Waals surface area contributed by atoms with E-state index in [9.17, 15) is 0 Å². The Morgan fingerprint density at radius 3 is 2.50 bits per heavy atom. The van der Waals surface area contributed by atoms with E-state index >= 15 is 0 Å². The van der Waals surface area contributed by atoms with Crippen LogP contribution in [0.25, 0.3) is 0 Å². The van der Waals surface area contributed by atoms with E-state index in [-0.39, 0.29) is 0 Å². The van der Waals surface area contributed by atoms with Crippen LogP contribution in [0.1, 0.15) is 51.9 Å². The molecule has 2 nitrogen and oxygen atoms in total. The van der Waals surface area contributed by atoms with Gasteiger partial charge in [0, 0.05) is 0 Å². The highest BCUT2D eigenvalue weighted by Gasteiger charge is 2.15. The lowest BCUT2D eigenvalue weighted by molar-refractivity contribution is 0.211. The van der Waals surface area contributed by atoms with Crippen LogP contribution in [-0.2, 0) is 0 Å². The maximum absolute atomic E-state index is 3.59. The molecule has 0 radical (unpaired) electrons. The zero-order chi connectivity index (χ0) is 11.6. The van der Waals surface area contributed by atoms with Crippen molar-refractivity contribution >= 4 is 0 Å². The summed E-state index contributed by atoms with van der Waals surface area (Å²) in [4.78, 5) is 2.45. The lowest BCUT2D eigenvalue weighted by atomic mass is 9.94. The van der Waals surface area contributed by atoms with E-state index < -0.39 is 0 Å². The molecule has 0 unspecified atom stereocenters. The normalized spacial score (nSPS) is 19.1. The Kier molecular flexibility index (Phi) is 7.87. The number of nitrogens with one attached hydrogen (secondary N) is 1. The van der Waals surface area contributed by atoms with E-state index in [1.54, 1.807) is 0 Å². The van der Waals surface area contributed by atoms with Crippen LogP contribution in [0.2, 0.25) is 0 Å². The Morgan fingerprint density at radius 2 is 1.81 bits per heavy atom. The van der Waals surface area contributed by atoms with Gasteiger partial charge in [-0.15, -0.1) is 0 Å². The van der Waals surface area contributed by atoms with Gasteiger partial charge in [0.05, 0.1) is 0 Å². The summed E-state index contributed by atoms with van der Waals surface area (Å²) in [6.45, 7) is 7.35. The molecule has 1 N–H and O–H groups in total. The monoisotopic (exact) mass is 226 g/mol. The first-order chi connectivity index (χ1) is 7.83. The van der Waals surface area contributed by atoms with Crippen molar-refractivity contribution < 1.29 is 0 Å². The van der Waals surface area contributed by atoms with Gasteiger partial charge in [0.1, 0.15) is 0 Å². The molecule has 1 saturated heterocycles. The number of likely N-dealkylation sites (tertiary alicyclic amines) is 1. The number of unbranched alkanes of at least 4 members (excludes halogenated alkanes) is 3. The number of rotatable bonds is 8. The van der Waals surface area contributed by atoms with Crippen LogP contribution in [0.5, 0.6) is 0 Å². The molecule has 0 saturated carbocycles. The highest BCUT2D eigenvalue weighted by atomic mass is 15.1. The summed E-state index contributed by atoms with van der Waals surface area (Å²) < 4.78 is 0. The fourth-order valence-corrected chi connectivity index (χ4v) is 2.46. The van der Waals surface area contributed by atoms with Crippen LogP contribution in [0.3, 0.4) is 0 Å². The van der Waals surface area contributed by atoms with Crippen molar-refractivity contribution in [2.45, 2.75) is 51.9 Å². The standard InChI is InChI=1S/C14H30N2/c1-3-4-5-6-10-15-11-7-14-8-12-16(2)13-9-14/h14-15H,3-13H2,1-2H3. The first-order valence-corrected chi connectivity index (χ1v) is 7.22. The third kappa shape index (κ3) is 6.49. The number of hydrogen-bond donors (Lipinski definition) is 1. The quantitative estimate of drug-likeness (QED) is 0.640. The third-order valence-corrected chi connectivity index (χ3v) is 3.77. The molecule has 0 amide bonds. The molecule has 1 fully saturated rings. The minimum atomic E-state index is 0.986. The van der Waals surface area contributed by atoms with E-state index in [1.807, 2.05) is 0 Å². The van der Waals surface area contributed by atoms with Gasteiger partial charge in [-0.1, -0.05) is 26.2 Å². The van der Waals surface area contributed by atoms with E-state index in [0.717, 1.165) is 5.92 Å². The molecule has 0 aromatic carbocycles. The molecule has 1 aliphatic heterocycles. The second-order valence-corrected chi connectivity index (χ2v) is 5.35. The molecule has 0 aromatic rings. The van der Waals surface area contributed by atoms with E-state index in [0.29, 0.717) is 0 Å². The van der Waals surface area contributed by atoms with Crippen LogP contribution in [-0.4, -0.2) is 38.1 Å². The Balaban J connectivity index is 1.84. The maximum atomic E-state index is 3.59. The smallest absolute Gasteiger partial charge is 0.00191 e. The molecule has 2 heteroatoms. The van der Waals surface area contributed by atoms with Gasteiger partial charge in [0.25, 0.3) is 0 Å². The molecular formula is C14H30N2. The largest absolute Gasteiger partial charge is 0.317 e. The number of nitrogens with zero attached hydrogens (tertiary/aromatic N) is 1. The number of piperidine rings is 1. The van der Waals surface area contributed by atoms with Gasteiger partial charge >= 0.3 is 0 Å². The lowest BCUT2D eigenvalue weighted by Crippen LogP contribution is -2.31. The zero-order valence-electron chi connectivity index (χ0n) is 11.3. The Labute approximate surface area is 102 Å². The average Bonchev–Trinajstić information content (AvgIpc) is 2.30. The van der Waals surface area contributed by atoms with Gasteiger partial charge in [-0.05, 0) is 64.8 Å². The molecule has 1 aliphatic rings. The van der Waals surface area contributed by atoms with Crippen molar-refractivity contribution in [1.82, 2.24) is 10.2 Å². The van der Waals surface area contributed by atoms with Crippen molar-refractivity contribution in [1.29, 1.82) is 0 Å². The molecular weight excluding hydrogens is 196 g/mol. The summed E-state index contributed by atoms with van der Waals surface area (Å²) in [5.41, 5.74) is 0. The first-order valence-electron chi connectivity index (χ1n) is 7.22. The zero-order valence-corrected chi connectivity index (χ0v) is 11.3. The van der Waals surface area contributed by atoms with E-state index in [4.69, 9.17) is 0 Å². The van der Waals surface area contributed by atoms with Gasteiger partial charge in [0.15, 0.2) is 0 Å². The molecule has 1 heterocycles. The molecule has 0 bridgehead atoms. The van der Waals surface area contributed by atoms with Crippen LogP contribution >= 0.6 is 0 Å². The minimum absolute atomic E-state index is 0.986. The average molecular weight is 226 g/mol. The van der Waals surface area contributed by atoms with Crippen LogP contribution in [0, 0.1) is 5.92 Å². The van der Waals surface area contributed by atoms with Gasteiger partial charge in [-0.2, -0.15) is 0 Å². The molecule has 0 aliphatic carbocycles. The second-order valence-electron chi connectivity index (χ2n) is 5.35. The van der Waals surface area contributed by atoms with Crippen LogP contribution < -0.4 is 5.32 Å². The van der Waals surface area contributed by atoms with Gasteiger partial charge < -0.3 is 10.2 Å². The van der Waals surface area contributed by atoms with Crippen molar-refractivity contribution in [3.05, 3.63) is 0 Å². The van der Waals surface area contributed by atoms with Crippen molar-refractivity contribution in [3.63, 3.8) is 0 Å². The molecule has 0 aromatic heterocycles. The number of hydrogen-bond acceptors (Lipinski definition) is 2. The maximum Gasteiger partial charge on any atom is -0.00191 e. The molecule has 1 rings (SSSR count). The summed E-state index contributed by atoms with van der Waals surface area (Å²) in [5.74, 6) is 0.986. The second kappa shape index (κ2) is 9.00. The topological polar surface area (TPSA) is 15.3 Å². The minimum Gasteiger partial charge on any atom is -0.317 e. The molecule has 0 spiro atoms. The Hall–Kier alpha value is -0.0800. The summed E-state index contributed by atoms with van der Waals surface area (Å²) >= 11 is 0. The van der Waals surface area contributed by atoms with Crippen molar-refractivity contribution in [2.75, 3.05) is 33.2 Å². The van der Waals surface area contributed by atoms with Gasteiger partial charge in [-0.3, -0.25) is 0 Å². The lowest BCUT2D eigenvalue weighted by Gasteiger charge is -2.28. The molecule has 96 valence electrons. The Morgan fingerprint density at radius 1 is 1.06 bits per heavy atom. The fourth-order valence-electron chi connectivity index (χ4n) is 2.46. The summed E-state index contributed by atoms with van der Waals surface area (Å²) in [6, 6.07) is 0. The van der Waals surface area contributed by atoms with Crippen molar-refractivity contribution in [3.8, 4) is 0 Å². The van der Waals surface area contributed by atoms with Gasteiger partial charge in [0.2, 0.25) is 0 Å². The van der Waals surface area contributed by atoms with Crippen LogP contribution in [0.4, 0.5) is 0 Å². The predicted molar refractivity (Wildman–Crippen MR) is 71.8 cm³/mol. The molecule has 16 heavy (non-hydrogen) atoms. The summed E-state index contributed by atoms with van der Waals surface area (Å²) in [6.07, 6.45) is 9.72. The van der Waals surface area contributed by atoms with Crippen molar-refractivity contribution in [2.24, 2.45) is 5.92 Å². The summed E-state index contributed by atoms with van der Waals surface area (Å²) in [5, 5.41) is 3.59. The Bertz CT molecular complexity index is 151. The molecule has 0 atom stereocenters. The van der Waals surface area contributed by atoms with E-state index in [2.05, 4.69) is 24.2 Å². The fraction of sp³-hybridized carbons (Fsp3) is 1.00. The first kappa shape index (κ1) is 14.0. The predicted octanol–water partition coefficient (Wildman–Crippen LogP) is 2.89. The van der Waals surface area contributed by atoms with Crippen LogP contribution in [0.15, 0.2) is 0 Å². The third-order valence-electron chi connectivity index (χ3n) is 3.77. The SMILES string of the molecule is CCCCCCNCCC1CCN(C)CC1.